The van der Waals surface area contributed by atoms with E-state index in [1.807, 2.05) is 0 Å². The number of rotatable bonds is 4. The Hall–Kier alpha value is -1.42. The number of alkyl halides is 2. The van der Waals surface area contributed by atoms with Crippen molar-refractivity contribution in [3.8, 4) is 0 Å². The molecule has 1 aliphatic rings. The van der Waals surface area contributed by atoms with Crippen molar-refractivity contribution in [3.05, 3.63) is 42.5 Å². The maximum absolute atomic E-state index is 13.4. The number of allylic oxidation sites excluding steroid dienone is 1. The lowest BCUT2D eigenvalue weighted by molar-refractivity contribution is 0.0525. The molecular formula is C15H20F2N2. The molecule has 0 bridgehead atoms. The third-order valence-electron chi connectivity index (χ3n) is 3.73. The third kappa shape index (κ3) is 3.13. The van der Waals surface area contributed by atoms with Gasteiger partial charge in [-0.1, -0.05) is 18.7 Å². The summed E-state index contributed by atoms with van der Waals surface area (Å²) in [4.78, 5) is 2.22. The van der Waals surface area contributed by atoms with Crippen molar-refractivity contribution < 1.29 is 8.78 Å². The van der Waals surface area contributed by atoms with E-state index in [0.717, 1.165) is 31.6 Å². The molecule has 1 saturated heterocycles. The smallest absolute Gasteiger partial charge is 0.291 e. The number of nitrogens with zero attached hydrogens (tertiary/aromatic N) is 1. The average Bonchev–Trinajstić information content (AvgIpc) is 2.47. The van der Waals surface area contributed by atoms with E-state index in [-0.39, 0.29) is 5.56 Å². The van der Waals surface area contributed by atoms with Crippen LogP contribution in [0.5, 0.6) is 0 Å². The van der Waals surface area contributed by atoms with Crippen LogP contribution in [0.3, 0.4) is 0 Å². The van der Waals surface area contributed by atoms with Crippen molar-refractivity contribution in [2.45, 2.75) is 18.8 Å². The molecule has 1 aromatic carbocycles. The minimum Gasteiger partial charge on any atom is -0.371 e. The number of hydrogen-bond acceptors (Lipinski definition) is 2. The second kappa shape index (κ2) is 5.70. The summed E-state index contributed by atoms with van der Waals surface area (Å²) in [5.74, 6) is -2.46. The molecule has 1 aromatic rings. The van der Waals surface area contributed by atoms with Crippen molar-refractivity contribution >= 4 is 5.69 Å². The van der Waals surface area contributed by atoms with Crippen LogP contribution in [0, 0.1) is 5.92 Å². The Labute approximate surface area is 112 Å². The summed E-state index contributed by atoms with van der Waals surface area (Å²) in [6.07, 6.45) is 2.93. The van der Waals surface area contributed by atoms with Gasteiger partial charge in [0.2, 0.25) is 0 Å². The standard InChI is InChI=1S/C15H20F2N2/c1-2-15(16,17)13-5-7-14(8-6-13)19-9-3-4-12(10-18)11-19/h2,5-8,12H,1,3-4,9-11,18H2. The van der Waals surface area contributed by atoms with Crippen LogP contribution in [0.25, 0.3) is 0 Å². The Morgan fingerprint density at radius 1 is 1.37 bits per heavy atom. The second-order valence-electron chi connectivity index (χ2n) is 5.06. The van der Waals surface area contributed by atoms with Crippen molar-refractivity contribution in [2.24, 2.45) is 11.7 Å². The van der Waals surface area contributed by atoms with Crippen LogP contribution in [-0.4, -0.2) is 19.6 Å². The van der Waals surface area contributed by atoms with Gasteiger partial charge in [0.05, 0.1) is 0 Å². The fourth-order valence-corrected chi connectivity index (χ4v) is 2.50. The number of piperidine rings is 1. The molecule has 19 heavy (non-hydrogen) atoms. The number of anilines is 1. The van der Waals surface area contributed by atoms with Gasteiger partial charge in [-0.2, -0.15) is 8.78 Å². The molecule has 0 aromatic heterocycles. The van der Waals surface area contributed by atoms with Gasteiger partial charge in [0.25, 0.3) is 5.92 Å². The topological polar surface area (TPSA) is 29.3 Å². The first-order valence-electron chi connectivity index (χ1n) is 6.64. The lowest BCUT2D eigenvalue weighted by Crippen LogP contribution is -2.38. The highest BCUT2D eigenvalue weighted by Crippen LogP contribution is 2.31. The van der Waals surface area contributed by atoms with E-state index in [1.54, 1.807) is 12.1 Å². The molecule has 1 heterocycles. The number of benzene rings is 1. The predicted octanol–water partition coefficient (Wildman–Crippen LogP) is 3.14. The van der Waals surface area contributed by atoms with E-state index < -0.39 is 5.92 Å². The van der Waals surface area contributed by atoms with Crippen LogP contribution < -0.4 is 10.6 Å². The van der Waals surface area contributed by atoms with Crippen molar-refractivity contribution in [1.29, 1.82) is 0 Å². The second-order valence-corrected chi connectivity index (χ2v) is 5.06. The molecule has 0 aliphatic carbocycles. The van der Waals surface area contributed by atoms with Crippen LogP contribution in [-0.2, 0) is 5.92 Å². The Kier molecular flexibility index (Phi) is 4.20. The number of hydrogen-bond donors (Lipinski definition) is 1. The Bertz CT molecular complexity index is 428. The quantitative estimate of drug-likeness (QED) is 0.848. The van der Waals surface area contributed by atoms with Gasteiger partial charge < -0.3 is 10.6 Å². The first kappa shape index (κ1) is 14.0. The Balaban J connectivity index is 2.12. The summed E-state index contributed by atoms with van der Waals surface area (Å²) in [6.45, 7) is 5.73. The zero-order chi connectivity index (χ0) is 13.9. The van der Waals surface area contributed by atoms with Crippen molar-refractivity contribution in [1.82, 2.24) is 0 Å². The molecule has 1 atom stereocenters. The molecule has 0 spiro atoms. The molecule has 104 valence electrons. The largest absolute Gasteiger partial charge is 0.371 e. The van der Waals surface area contributed by atoms with E-state index in [4.69, 9.17) is 5.73 Å². The average molecular weight is 266 g/mol. The summed E-state index contributed by atoms with van der Waals surface area (Å²) in [7, 11) is 0. The highest BCUT2D eigenvalue weighted by Gasteiger charge is 2.27. The van der Waals surface area contributed by atoms with Crippen LogP contribution in [0.15, 0.2) is 36.9 Å². The van der Waals surface area contributed by atoms with Crippen LogP contribution >= 0.6 is 0 Å². The molecule has 0 saturated carbocycles. The van der Waals surface area contributed by atoms with E-state index in [9.17, 15) is 8.78 Å². The summed E-state index contributed by atoms with van der Waals surface area (Å²) < 4.78 is 26.9. The maximum atomic E-state index is 13.4. The van der Waals surface area contributed by atoms with Crippen LogP contribution in [0.2, 0.25) is 0 Å². The van der Waals surface area contributed by atoms with E-state index in [1.165, 1.54) is 12.1 Å². The zero-order valence-electron chi connectivity index (χ0n) is 11.0. The minimum absolute atomic E-state index is 0.0152. The number of halogens is 2. The third-order valence-corrected chi connectivity index (χ3v) is 3.73. The first-order chi connectivity index (χ1) is 9.06. The van der Waals surface area contributed by atoms with Crippen molar-refractivity contribution in [3.63, 3.8) is 0 Å². The lowest BCUT2D eigenvalue weighted by Gasteiger charge is -2.34. The fourth-order valence-electron chi connectivity index (χ4n) is 2.50. The molecule has 2 rings (SSSR count). The van der Waals surface area contributed by atoms with Gasteiger partial charge in [-0.3, -0.25) is 0 Å². The van der Waals surface area contributed by atoms with Crippen LogP contribution in [0.1, 0.15) is 18.4 Å². The van der Waals surface area contributed by atoms with Gasteiger partial charge >= 0.3 is 0 Å². The zero-order valence-corrected chi connectivity index (χ0v) is 11.0. The highest BCUT2D eigenvalue weighted by atomic mass is 19.3. The molecule has 0 radical (unpaired) electrons. The Morgan fingerprint density at radius 2 is 2.05 bits per heavy atom. The molecular weight excluding hydrogens is 246 g/mol. The molecule has 1 aliphatic heterocycles. The highest BCUT2D eigenvalue weighted by molar-refractivity contribution is 5.49. The molecule has 1 fully saturated rings. The van der Waals surface area contributed by atoms with E-state index in [2.05, 4.69) is 11.5 Å². The lowest BCUT2D eigenvalue weighted by atomic mass is 9.97. The minimum atomic E-state index is -2.96. The number of nitrogens with two attached hydrogens (primary N) is 1. The first-order valence-corrected chi connectivity index (χ1v) is 6.64. The Morgan fingerprint density at radius 3 is 2.63 bits per heavy atom. The maximum Gasteiger partial charge on any atom is 0.291 e. The van der Waals surface area contributed by atoms with Gasteiger partial charge in [0, 0.05) is 24.3 Å². The van der Waals surface area contributed by atoms with Gasteiger partial charge in [-0.15, -0.1) is 0 Å². The van der Waals surface area contributed by atoms with Crippen molar-refractivity contribution in [2.75, 3.05) is 24.5 Å². The summed E-state index contributed by atoms with van der Waals surface area (Å²) in [6, 6.07) is 6.46. The molecule has 2 N–H and O–H groups in total. The molecule has 2 nitrogen and oxygen atoms in total. The summed E-state index contributed by atoms with van der Waals surface area (Å²) >= 11 is 0. The predicted molar refractivity (Wildman–Crippen MR) is 74.5 cm³/mol. The monoisotopic (exact) mass is 266 g/mol. The molecule has 1 unspecified atom stereocenters. The van der Waals surface area contributed by atoms with Gasteiger partial charge in [0.15, 0.2) is 0 Å². The SMILES string of the molecule is C=CC(F)(F)c1ccc(N2CCCC(CN)C2)cc1. The molecule has 4 heteroatoms. The van der Waals surface area contributed by atoms with Gasteiger partial charge in [-0.25, -0.2) is 0 Å². The fraction of sp³-hybridized carbons (Fsp3) is 0.467. The summed E-state index contributed by atoms with van der Waals surface area (Å²) in [5, 5.41) is 0. The van der Waals surface area contributed by atoms with E-state index in [0.29, 0.717) is 18.5 Å². The molecule has 0 amide bonds. The van der Waals surface area contributed by atoms with E-state index >= 15 is 0 Å². The normalized spacial score (nSPS) is 20.4. The van der Waals surface area contributed by atoms with Crippen LogP contribution in [0.4, 0.5) is 14.5 Å². The summed E-state index contributed by atoms with van der Waals surface area (Å²) in [5.41, 5.74) is 6.68. The van der Waals surface area contributed by atoms with Gasteiger partial charge in [-0.05, 0) is 43.5 Å². The van der Waals surface area contributed by atoms with Gasteiger partial charge in [0.1, 0.15) is 0 Å².